The first kappa shape index (κ1) is 16.5. The number of amides is 1. The fraction of sp³-hybridized carbons (Fsp3) is 0.429. The van der Waals surface area contributed by atoms with Gasteiger partial charge in [0.1, 0.15) is 0 Å². The molecule has 1 rings (SSSR count). The highest BCUT2D eigenvalue weighted by molar-refractivity contribution is 8.00. The van der Waals surface area contributed by atoms with Gasteiger partial charge in [0.2, 0.25) is 5.91 Å². The first-order chi connectivity index (χ1) is 9.51. The lowest BCUT2D eigenvalue weighted by Crippen LogP contribution is -2.36. The molecule has 0 saturated heterocycles. The van der Waals surface area contributed by atoms with Crippen molar-refractivity contribution in [3.05, 3.63) is 29.8 Å². The normalized spacial score (nSPS) is 11.9. The molecule has 20 heavy (non-hydrogen) atoms. The third-order valence-corrected chi connectivity index (χ3v) is 3.48. The van der Waals surface area contributed by atoms with E-state index in [2.05, 4.69) is 5.32 Å². The van der Waals surface area contributed by atoms with Crippen molar-refractivity contribution in [2.24, 2.45) is 0 Å². The van der Waals surface area contributed by atoms with E-state index in [1.807, 2.05) is 19.1 Å². The summed E-state index contributed by atoms with van der Waals surface area (Å²) < 4.78 is 4.94. The number of nitrogens with one attached hydrogen (secondary N) is 1. The van der Waals surface area contributed by atoms with E-state index in [1.54, 1.807) is 19.2 Å². The number of carbonyl (C=O) groups is 2. The molecule has 0 radical (unpaired) electrons. The summed E-state index contributed by atoms with van der Waals surface area (Å²) in [5, 5.41) is 11.5. The van der Waals surface area contributed by atoms with Crippen molar-refractivity contribution in [3.8, 4) is 0 Å². The number of rotatable bonds is 8. The number of ether oxygens (including phenoxy) is 1. The number of aliphatic carboxylic acids is 1. The summed E-state index contributed by atoms with van der Waals surface area (Å²) in [6, 6.07) is 7.18. The quantitative estimate of drug-likeness (QED) is 0.712. The average molecular weight is 297 g/mol. The summed E-state index contributed by atoms with van der Waals surface area (Å²) in [6.07, 6.45) is 0.0139. The van der Waals surface area contributed by atoms with Crippen LogP contribution in [0.3, 0.4) is 0 Å². The Morgan fingerprint density at radius 1 is 1.35 bits per heavy atom. The van der Waals surface area contributed by atoms with Crippen LogP contribution in [0.4, 0.5) is 0 Å². The Kier molecular flexibility index (Phi) is 7.11. The Morgan fingerprint density at radius 3 is 2.55 bits per heavy atom. The van der Waals surface area contributed by atoms with Crippen molar-refractivity contribution >= 4 is 23.6 Å². The van der Waals surface area contributed by atoms with Crippen LogP contribution in [-0.4, -0.2) is 42.5 Å². The first-order valence-electron chi connectivity index (χ1n) is 6.23. The van der Waals surface area contributed by atoms with E-state index in [-0.39, 0.29) is 18.4 Å². The lowest BCUT2D eigenvalue weighted by molar-refractivity contribution is -0.136. The van der Waals surface area contributed by atoms with Crippen molar-refractivity contribution in [1.82, 2.24) is 5.32 Å². The van der Waals surface area contributed by atoms with Crippen LogP contribution in [0.5, 0.6) is 0 Å². The molecular weight excluding hydrogens is 278 g/mol. The number of benzene rings is 1. The van der Waals surface area contributed by atoms with Gasteiger partial charge in [-0.05, 0) is 24.6 Å². The number of methoxy groups -OCH3 is 1. The van der Waals surface area contributed by atoms with Crippen LogP contribution in [0.15, 0.2) is 29.2 Å². The maximum absolute atomic E-state index is 11.6. The minimum atomic E-state index is -0.850. The summed E-state index contributed by atoms with van der Waals surface area (Å²) in [5.74, 6) is -0.571. The van der Waals surface area contributed by atoms with Gasteiger partial charge in [-0.15, -0.1) is 11.8 Å². The van der Waals surface area contributed by atoms with Crippen LogP contribution < -0.4 is 5.32 Å². The van der Waals surface area contributed by atoms with Gasteiger partial charge in [0.15, 0.2) is 0 Å². The molecule has 0 bridgehead atoms. The summed E-state index contributed by atoms with van der Waals surface area (Å²) in [4.78, 5) is 23.1. The minimum absolute atomic E-state index is 0.00829. The molecule has 1 unspecified atom stereocenters. The molecule has 0 fully saturated rings. The molecule has 1 aromatic rings. The maximum atomic E-state index is 11.6. The number of hydrogen-bond donors (Lipinski definition) is 2. The van der Waals surface area contributed by atoms with Crippen molar-refractivity contribution in [3.63, 3.8) is 0 Å². The molecular formula is C14H19NO4S. The maximum Gasteiger partial charge on any atom is 0.307 e. The second kappa shape index (κ2) is 8.60. The number of carboxylic acids is 1. The van der Waals surface area contributed by atoms with E-state index in [1.165, 1.54) is 11.8 Å². The Bertz CT molecular complexity index is 447. The van der Waals surface area contributed by atoms with E-state index in [0.717, 1.165) is 10.5 Å². The predicted molar refractivity (Wildman–Crippen MR) is 78.0 cm³/mol. The number of hydrogen-bond acceptors (Lipinski definition) is 4. The van der Waals surface area contributed by atoms with Gasteiger partial charge in [-0.2, -0.15) is 0 Å². The van der Waals surface area contributed by atoms with Gasteiger partial charge in [-0.3, -0.25) is 9.59 Å². The van der Waals surface area contributed by atoms with Crippen molar-refractivity contribution in [2.45, 2.75) is 24.3 Å². The fourth-order valence-corrected chi connectivity index (χ4v) is 2.34. The topological polar surface area (TPSA) is 75.6 Å². The first-order valence-corrected chi connectivity index (χ1v) is 7.21. The lowest BCUT2D eigenvalue weighted by Gasteiger charge is -2.12. The molecule has 2 N–H and O–H groups in total. The number of carboxylic acid groups (broad SMARTS) is 1. The Labute approximate surface area is 122 Å². The van der Waals surface area contributed by atoms with Crippen LogP contribution in [-0.2, 0) is 20.7 Å². The molecule has 0 aliphatic carbocycles. The van der Waals surface area contributed by atoms with Crippen molar-refractivity contribution in [1.29, 1.82) is 0 Å². The van der Waals surface area contributed by atoms with E-state index in [9.17, 15) is 9.59 Å². The standard InChI is InChI=1S/C14H19NO4S/c1-10(8-19-2)15-13(16)9-20-12-5-3-11(4-6-12)7-14(17)18/h3-6,10H,7-9H2,1-2H3,(H,15,16)(H,17,18). The van der Waals surface area contributed by atoms with E-state index in [4.69, 9.17) is 9.84 Å². The van der Waals surface area contributed by atoms with Gasteiger partial charge < -0.3 is 15.2 Å². The molecule has 1 atom stereocenters. The van der Waals surface area contributed by atoms with Gasteiger partial charge in [0.05, 0.1) is 18.8 Å². The third-order valence-electron chi connectivity index (χ3n) is 2.47. The fourth-order valence-electron chi connectivity index (χ4n) is 1.64. The smallest absolute Gasteiger partial charge is 0.307 e. The zero-order valence-electron chi connectivity index (χ0n) is 11.6. The molecule has 0 aromatic heterocycles. The molecule has 0 spiro atoms. The van der Waals surface area contributed by atoms with Gasteiger partial charge in [0, 0.05) is 18.0 Å². The van der Waals surface area contributed by atoms with Gasteiger partial charge in [-0.1, -0.05) is 12.1 Å². The Hall–Kier alpha value is -1.53. The molecule has 1 aromatic carbocycles. The molecule has 0 heterocycles. The van der Waals surface area contributed by atoms with Crippen LogP contribution in [0.1, 0.15) is 12.5 Å². The largest absolute Gasteiger partial charge is 0.481 e. The molecule has 1 amide bonds. The molecule has 110 valence electrons. The van der Waals surface area contributed by atoms with Crippen molar-refractivity contribution in [2.75, 3.05) is 19.5 Å². The summed E-state index contributed by atoms with van der Waals surface area (Å²) in [7, 11) is 1.59. The summed E-state index contributed by atoms with van der Waals surface area (Å²) >= 11 is 1.42. The predicted octanol–water partition coefficient (Wildman–Crippen LogP) is 1.56. The molecule has 6 heteroatoms. The Balaban J connectivity index is 2.38. The highest BCUT2D eigenvalue weighted by Gasteiger charge is 2.07. The summed E-state index contributed by atoms with van der Waals surface area (Å²) in [6.45, 7) is 2.37. The number of carbonyl (C=O) groups excluding carboxylic acids is 1. The second-order valence-electron chi connectivity index (χ2n) is 4.43. The van der Waals surface area contributed by atoms with Gasteiger partial charge in [0.25, 0.3) is 0 Å². The molecule has 0 aliphatic rings. The SMILES string of the molecule is COCC(C)NC(=O)CSc1ccc(CC(=O)O)cc1. The average Bonchev–Trinajstić information content (AvgIpc) is 2.37. The lowest BCUT2D eigenvalue weighted by atomic mass is 10.2. The monoisotopic (exact) mass is 297 g/mol. The van der Waals surface area contributed by atoms with E-state index >= 15 is 0 Å². The summed E-state index contributed by atoms with van der Waals surface area (Å²) in [5.41, 5.74) is 0.750. The van der Waals surface area contributed by atoms with Gasteiger partial charge in [-0.25, -0.2) is 0 Å². The Morgan fingerprint density at radius 2 is 2.00 bits per heavy atom. The number of thioether (sulfide) groups is 1. The van der Waals surface area contributed by atoms with Crippen LogP contribution in [0.25, 0.3) is 0 Å². The van der Waals surface area contributed by atoms with Crippen LogP contribution in [0.2, 0.25) is 0 Å². The van der Waals surface area contributed by atoms with Crippen LogP contribution in [0, 0.1) is 0 Å². The van der Waals surface area contributed by atoms with Crippen molar-refractivity contribution < 1.29 is 19.4 Å². The van der Waals surface area contributed by atoms with E-state index in [0.29, 0.717) is 12.4 Å². The minimum Gasteiger partial charge on any atom is -0.481 e. The third kappa shape index (κ3) is 6.58. The highest BCUT2D eigenvalue weighted by Crippen LogP contribution is 2.18. The molecule has 0 aliphatic heterocycles. The zero-order valence-corrected chi connectivity index (χ0v) is 12.4. The second-order valence-corrected chi connectivity index (χ2v) is 5.48. The molecule has 5 nitrogen and oxygen atoms in total. The zero-order chi connectivity index (χ0) is 15.0. The molecule has 0 saturated carbocycles. The van der Waals surface area contributed by atoms with Crippen LogP contribution >= 0.6 is 11.8 Å². The highest BCUT2D eigenvalue weighted by atomic mass is 32.2. The van der Waals surface area contributed by atoms with Gasteiger partial charge >= 0.3 is 5.97 Å². The van der Waals surface area contributed by atoms with E-state index < -0.39 is 5.97 Å².